The minimum Gasteiger partial charge on any atom is -0.306 e. The van der Waals surface area contributed by atoms with E-state index in [1.807, 2.05) is 0 Å². The smallest absolute Gasteiger partial charge is 0.306 e. The van der Waals surface area contributed by atoms with Gasteiger partial charge in [0.15, 0.2) is 9.84 Å². The van der Waals surface area contributed by atoms with Crippen molar-refractivity contribution in [3.05, 3.63) is 24.3 Å². The molecule has 0 heterocycles. The molecule has 1 aromatic carbocycles. The van der Waals surface area contributed by atoms with Crippen LogP contribution >= 0.6 is 0 Å². The zero-order chi connectivity index (χ0) is 16.9. The largest absolute Gasteiger partial charge is 0.349 e. The van der Waals surface area contributed by atoms with E-state index in [1.165, 1.54) is 24.3 Å². The molecule has 0 aliphatic carbocycles. The topological polar surface area (TPSA) is 102 Å². The van der Waals surface area contributed by atoms with Crippen molar-refractivity contribution < 1.29 is 27.9 Å². The summed E-state index contributed by atoms with van der Waals surface area (Å²) in [6.45, 7) is 4.43. The van der Waals surface area contributed by atoms with Crippen LogP contribution < -0.4 is 5.32 Å². The van der Waals surface area contributed by atoms with Gasteiger partial charge < -0.3 is 5.32 Å². The SMILES string of the molecule is CC(=O)OON(C(=O)Nc1cccc(S(C)(=O)=O)c1)C(C)C. The normalized spacial score (nSPS) is 11.1. The van der Waals surface area contributed by atoms with Crippen molar-refractivity contribution >= 4 is 27.5 Å². The molecule has 0 radical (unpaired) electrons. The van der Waals surface area contributed by atoms with E-state index in [1.54, 1.807) is 13.8 Å². The summed E-state index contributed by atoms with van der Waals surface area (Å²) in [5.41, 5.74) is 0.269. The fraction of sp³-hybridized carbons (Fsp3) is 0.385. The number of anilines is 1. The molecule has 0 saturated heterocycles. The van der Waals surface area contributed by atoms with E-state index >= 15 is 0 Å². The molecule has 8 nitrogen and oxygen atoms in total. The summed E-state index contributed by atoms with van der Waals surface area (Å²) in [5.74, 6) is -0.711. The second-order valence-corrected chi connectivity index (χ2v) is 6.81. The lowest BCUT2D eigenvalue weighted by molar-refractivity contribution is -0.381. The maximum Gasteiger partial charge on any atom is 0.349 e. The number of nitrogens with one attached hydrogen (secondary N) is 1. The third-order valence-electron chi connectivity index (χ3n) is 2.42. The van der Waals surface area contributed by atoms with Crippen molar-refractivity contribution in [3.63, 3.8) is 0 Å². The molecule has 2 amide bonds. The van der Waals surface area contributed by atoms with E-state index in [0.717, 1.165) is 18.2 Å². The Hall–Kier alpha value is -2.13. The molecule has 1 rings (SSSR count). The Morgan fingerprint density at radius 2 is 1.91 bits per heavy atom. The van der Waals surface area contributed by atoms with Crippen LogP contribution in [0.5, 0.6) is 0 Å². The number of urea groups is 1. The second-order valence-electron chi connectivity index (χ2n) is 4.80. The molecule has 0 aliphatic rings. The number of benzene rings is 1. The Bertz CT molecular complexity index is 656. The van der Waals surface area contributed by atoms with Gasteiger partial charge in [0.05, 0.1) is 10.9 Å². The summed E-state index contributed by atoms with van der Waals surface area (Å²) >= 11 is 0. The van der Waals surface area contributed by atoms with Crippen LogP contribution in [-0.4, -0.2) is 37.8 Å². The lowest BCUT2D eigenvalue weighted by Crippen LogP contribution is -2.40. The first-order valence-corrected chi connectivity index (χ1v) is 8.26. The highest BCUT2D eigenvalue weighted by molar-refractivity contribution is 7.90. The first-order valence-electron chi connectivity index (χ1n) is 6.37. The van der Waals surface area contributed by atoms with Gasteiger partial charge in [0.1, 0.15) is 0 Å². The third-order valence-corrected chi connectivity index (χ3v) is 3.53. The highest BCUT2D eigenvalue weighted by Crippen LogP contribution is 2.16. The molecule has 1 N–H and O–H groups in total. The molecular weight excluding hydrogens is 312 g/mol. The number of amides is 2. The van der Waals surface area contributed by atoms with Crippen LogP contribution in [0.1, 0.15) is 20.8 Å². The van der Waals surface area contributed by atoms with Crippen molar-refractivity contribution in [1.29, 1.82) is 0 Å². The lowest BCUT2D eigenvalue weighted by atomic mass is 10.3. The summed E-state index contributed by atoms with van der Waals surface area (Å²) in [6, 6.07) is 4.63. The molecule has 0 aliphatic heterocycles. The van der Waals surface area contributed by atoms with Crippen LogP contribution in [0.4, 0.5) is 10.5 Å². The number of carbonyl (C=O) groups is 2. The quantitative estimate of drug-likeness (QED) is 0.652. The molecule has 0 unspecified atom stereocenters. The molecule has 0 atom stereocenters. The first kappa shape index (κ1) is 17.9. The summed E-state index contributed by atoms with van der Waals surface area (Å²) < 4.78 is 23.0. The Morgan fingerprint density at radius 3 is 2.41 bits per heavy atom. The summed E-state index contributed by atoms with van der Waals surface area (Å²) in [5, 5.41) is 3.28. The minimum absolute atomic E-state index is 0.0716. The monoisotopic (exact) mass is 330 g/mol. The highest BCUT2D eigenvalue weighted by atomic mass is 32.2. The maximum absolute atomic E-state index is 12.1. The fourth-order valence-electron chi connectivity index (χ4n) is 1.43. The van der Waals surface area contributed by atoms with Gasteiger partial charge in [-0.3, -0.25) is 4.89 Å². The van der Waals surface area contributed by atoms with Gasteiger partial charge in [-0.1, -0.05) is 11.1 Å². The van der Waals surface area contributed by atoms with Crippen molar-refractivity contribution in [2.75, 3.05) is 11.6 Å². The standard InChI is InChI=1S/C13H18N2O6S/c1-9(2)15(21-20-10(3)16)13(17)14-11-6-5-7-12(8-11)22(4,18)19/h5-9H,1-4H3,(H,14,17). The fourth-order valence-corrected chi connectivity index (χ4v) is 2.10. The predicted octanol–water partition coefficient (Wildman–Crippen LogP) is 1.74. The van der Waals surface area contributed by atoms with E-state index in [0.29, 0.717) is 0 Å². The zero-order valence-corrected chi connectivity index (χ0v) is 13.5. The van der Waals surface area contributed by atoms with Gasteiger partial charge in [0, 0.05) is 18.9 Å². The minimum atomic E-state index is -3.38. The van der Waals surface area contributed by atoms with Crippen LogP contribution in [0.2, 0.25) is 0 Å². The summed E-state index contributed by atoms with van der Waals surface area (Å²) in [7, 11) is -3.38. The van der Waals surface area contributed by atoms with Crippen molar-refractivity contribution in [2.45, 2.75) is 31.7 Å². The average molecular weight is 330 g/mol. The molecule has 1 aromatic rings. The third kappa shape index (κ3) is 5.34. The van der Waals surface area contributed by atoms with Crippen LogP contribution in [0.25, 0.3) is 0 Å². The van der Waals surface area contributed by atoms with Crippen LogP contribution in [0.3, 0.4) is 0 Å². The molecule has 0 aromatic heterocycles. The van der Waals surface area contributed by atoms with Crippen molar-refractivity contribution in [1.82, 2.24) is 5.06 Å². The maximum atomic E-state index is 12.1. The van der Waals surface area contributed by atoms with Gasteiger partial charge in [0.2, 0.25) is 0 Å². The lowest BCUT2D eigenvalue weighted by Gasteiger charge is -2.23. The number of sulfone groups is 1. The Labute approximate surface area is 128 Å². The van der Waals surface area contributed by atoms with Crippen molar-refractivity contribution in [3.8, 4) is 0 Å². The van der Waals surface area contributed by atoms with Gasteiger partial charge in [0.25, 0.3) is 0 Å². The number of nitrogens with zero attached hydrogens (tertiary/aromatic N) is 1. The Kier molecular flexibility index (Phi) is 5.89. The molecule has 0 fully saturated rings. The van der Waals surface area contributed by atoms with Crippen LogP contribution in [0, 0.1) is 0 Å². The number of hydroxylamine groups is 2. The number of carbonyl (C=O) groups excluding carboxylic acids is 2. The predicted molar refractivity (Wildman–Crippen MR) is 78.4 cm³/mol. The highest BCUT2D eigenvalue weighted by Gasteiger charge is 2.21. The Morgan fingerprint density at radius 1 is 1.27 bits per heavy atom. The van der Waals surface area contributed by atoms with Gasteiger partial charge in [-0.15, -0.1) is 0 Å². The molecule has 0 spiro atoms. The average Bonchev–Trinajstić information content (AvgIpc) is 2.37. The molecule has 22 heavy (non-hydrogen) atoms. The van der Waals surface area contributed by atoms with E-state index in [-0.39, 0.29) is 10.6 Å². The zero-order valence-electron chi connectivity index (χ0n) is 12.7. The van der Waals surface area contributed by atoms with Crippen LogP contribution in [-0.2, 0) is 24.5 Å². The van der Waals surface area contributed by atoms with Crippen molar-refractivity contribution in [2.24, 2.45) is 0 Å². The molecule has 0 bridgehead atoms. The Balaban J connectivity index is 2.87. The summed E-state index contributed by atoms with van der Waals surface area (Å²) in [4.78, 5) is 31.9. The van der Waals surface area contributed by atoms with E-state index in [2.05, 4.69) is 15.2 Å². The van der Waals surface area contributed by atoms with Gasteiger partial charge in [-0.2, -0.15) is 5.06 Å². The van der Waals surface area contributed by atoms with E-state index < -0.39 is 27.9 Å². The summed E-state index contributed by atoms with van der Waals surface area (Å²) in [6.07, 6.45) is 1.07. The number of hydrogen-bond donors (Lipinski definition) is 1. The second kappa shape index (κ2) is 7.23. The number of rotatable bonds is 5. The first-order chi connectivity index (χ1) is 10.1. The van der Waals surface area contributed by atoms with Gasteiger partial charge in [-0.05, 0) is 32.0 Å². The van der Waals surface area contributed by atoms with Gasteiger partial charge in [-0.25, -0.2) is 18.0 Å². The molecule has 122 valence electrons. The molecule has 9 heteroatoms. The molecule has 0 saturated carbocycles. The van der Waals surface area contributed by atoms with E-state index in [4.69, 9.17) is 0 Å². The van der Waals surface area contributed by atoms with Gasteiger partial charge >= 0.3 is 12.0 Å². The number of hydrogen-bond acceptors (Lipinski definition) is 6. The van der Waals surface area contributed by atoms with Crippen LogP contribution in [0.15, 0.2) is 29.2 Å². The molecular formula is C13H18N2O6S. The van der Waals surface area contributed by atoms with E-state index in [9.17, 15) is 18.0 Å².